The molecule has 0 unspecified atom stereocenters. The van der Waals surface area contributed by atoms with E-state index in [0.717, 1.165) is 14.0 Å². The van der Waals surface area contributed by atoms with Crippen molar-refractivity contribution < 1.29 is 9.90 Å². The number of phenolic OH excluding ortho intramolecular Hbond substituents is 1. The summed E-state index contributed by atoms with van der Waals surface area (Å²) in [5.74, 6) is 5.41. The van der Waals surface area contributed by atoms with E-state index in [0.29, 0.717) is 13.1 Å². The molecule has 2 aromatic rings. The standard InChI is InChI=1S/C15H13IN2O2S/c16-11-3-4-14(19)13(7-11)15(20)18-8-12-6-10(9-21-12)2-1-5-17/h3-4,6-7,9,19H,5,8,17H2,(H,18,20). The van der Waals surface area contributed by atoms with Gasteiger partial charge in [-0.25, -0.2) is 0 Å². The number of nitrogens with two attached hydrogens (primary N) is 1. The van der Waals surface area contributed by atoms with Gasteiger partial charge in [-0.2, -0.15) is 0 Å². The summed E-state index contributed by atoms with van der Waals surface area (Å²) in [6.45, 7) is 0.729. The Balaban J connectivity index is 2.01. The predicted molar refractivity (Wildman–Crippen MR) is 92.2 cm³/mol. The molecule has 4 N–H and O–H groups in total. The average molecular weight is 412 g/mol. The molecule has 1 aromatic carbocycles. The Bertz CT molecular complexity index is 716. The van der Waals surface area contributed by atoms with Crippen LogP contribution in [0.1, 0.15) is 20.8 Å². The van der Waals surface area contributed by atoms with E-state index in [9.17, 15) is 9.90 Å². The Morgan fingerprint density at radius 3 is 3.00 bits per heavy atom. The number of carbonyl (C=O) groups excluding carboxylic acids is 1. The molecular formula is C15H13IN2O2S. The lowest BCUT2D eigenvalue weighted by molar-refractivity contribution is 0.0948. The van der Waals surface area contributed by atoms with Crippen LogP contribution in [0.15, 0.2) is 29.6 Å². The van der Waals surface area contributed by atoms with E-state index < -0.39 is 0 Å². The van der Waals surface area contributed by atoms with Gasteiger partial charge in [-0.15, -0.1) is 11.3 Å². The van der Waals surface area contributed by atoms with Crippen molar-refractivity contribution in [2.45, 2.75) is 6.54 Å². The molecule has 6 heteroatoms. The average Bonchev–Trinajstić information content (AvgIpc) is 2.93. The van der Waals surface area contributed by atoms with Gasteiger partial charge >= 0.3 is 0 Å². The van der Waals surface area contributed by atoms with Crippen molar-refractivity contribution in [1.82, 2.24) is 5.32 Å². The SMILES string of the molecule is NCC#Cc1csc(CNC(=O)c2cc(I)ccc2O)c1. The van der Waals surface area contributed by atoms with Crippen molar-refractivity contribution in [2.75, 3.05) is 6.54 Å². The predicted octanol–water partition coefficient (Wildman–Crippen LogP) is 2.30. The maximum Gasteiger partial charge on any atom is 0.255 e. The fourth-order valence-corrected chi connectivity index (χ4v) is 2.89. The second-order valence-electron chi connectivity index (χ2n) is 4.15. The molecule has 0 aliphatic carbocycles. The molecule has 0 saturated carbocycles. The molecule has 1 amide bonds. The Morgan fingerprint density at radius 1 is 1.43 bits per heavy atom. The first-order valence-electron chi connectivity index (χ1n) is 6.13. The van der Waals surface area contributed by atoms with Crippen molar-refractivity contribution in [2.24, 2.45) is 5.73 Å². The number of rotatable bonds is 3. The van der Waals surface area contributed by atoms with Crippen LogP contribution in [-0.4, -0.2) is 17.6 Å². The molecule has 0 saturated heterocycles. The molecule has 0 fully saturated rings. The van der Waals surface area contributed by atoms with Gasteiger partial charge in [0, 0.05) is 19.4 Å². The summed E-state index contributed by atoms with van der Waals surface area (Å²) < 4.78 is 0.894. The summed E-state index contributed by atoms with van der Waals surface area (Å²) in [6.07, 6.45) is 0. The summed E-state index contributed by atoms with van der Waals surface area (Å²) in [4.78, 5) is 13.1. The molecule has 108 valence electrons. The van der Waals surface area contributed by atoms with Crippen molar-refractivity contribution >= 4 is 39.8 Å². The highest BCUT2D eigenvalue weighted by Gasteiger charge is 2.11. The van der Waals surface area contributed by atoms with E-state index in [1.165, 1.54) is 17.4 Å². The van der Waals surface area contributed by atoms with Crippen LogP contribution >= 0.6 is 33.9 Å². The molecule has 0 spiro atoms. The fraction of sp³-hybridized carbons (Fsp3) is 0.133. The Kier molecular flexibility index (Phi) is 5.61. The molecule has 2 rings (SSSR count). The van der Waals surface area contributed by atoms with Gasteiger partial charge in [0.15, 0.2) is 0 Å². The number of amides is 1. The highest BCUT2D eigenvalue weighted by Crippen LogP contribution is 2.20. The molecule has 0 aliphatic rings. The van der Waals surface area contributed by atoms with E-state index in [-0.39, 0.29) is 17.2 Å². The zero-order valence-electron chi connectivity index (χ0n) is 11.0. The molecule has 21 heavy (non-hydrogen) atoms. The minimum atomic E-state index is -0.297. The molecule has 0 bridgehead atoms. The van der Waals surface area contributed by atoms with Gasteiger partial charge in [0.25, 0.3) is 5.91 Å². The van der Waals surface area contributed by atoms with Crippen molar-refractivity contribution in [1.29, 1.82) is 0 Å². The first-order valence-corrected chi connectivity index (χ1v) is 8.09. The lowest BCUT2D eigenvalue weighted by Gasteiger charge is -2.06. The molecule has 1 aromatic heterocycles. The maximum atomic E-state index is 12.1. The summed E-state index contributed by atoms with van der Waals surface area (Å²) in [7, 11) is 0. The number of hydrogen-bond donors (Lipinski definition) is 3. The van der Waals surface area contributed by atoms with Gasteiger partial charge in [-0.1, -0.05) is 11.8 Å². The largest absolute Gasteiger partial charge is 0.507 e. The third kappa shape index (κ3) is 4.46. The Hall–Kier alpha value is -1.56. The number of phenols is 1. The highest BCUT2D eigenvalue weighted by molar-refractivity contribution is 14.1. The highest BCUT2D eigenvalue weighted by atomic mass is 127. The van der Waals surface area contributed by atoms with Gasteiger partial charge in [-0.05, 0) is 46.9 Å². The van der Waals surface area contributed by atoms with E-state index in [4.69, 9.17) is 5.73 Å². The first kappa shape index (κ1) is 15.8. The molecule has 0 atom stereocenters. The lowest BCUT2D eigenvalue weighted by atomic mass is 10.2. The van der Waals surface area contributed by atoms with Gasteiger partial charge in [0.05, 0.1) is 18.7 Å². The summed E-state index contributed by atoms with van der Waals surface area (Å²) in [5.41, 5.74) is 6.50. The van der Waals surface area contributed by atoms with E-state index in [1.807, 2.05) is 11.4 Å². The van der Waals surface area contributed by atoms with Gasteiger partial charge in [-0.3, -0.25) is 4.79 Å². The number of carbonyl (C=O) groups is 1. The molecular weight excluding hydrogens is 399 g/mol. The number of halogens is 1. The van der Waals surface area contributed by atoms with Crippen LogP contribution in [0, 0.1) is 15.4 Å². The van der Waals surface area contributed by atoms with E-state index >= 15 is 0 Å². The van der Waals surface area contributed by atoms with Crippen LogP contribution in [0.4, 0.5) is 0 Å². The first-order chi connectivity index (χ1) is 10.1. The van der Waals surface area contributed by atoms with Crippen LogP contribution in [0.5, 0.6) is 5.75 Å². The Labute approximate surface area is 140 Å². The van der Waals surface area contributed by atoms with Crippen molar-refractivity contribution in [3.05, 3.63) is 49.2 Å². The summed E-state index contributed by atoms with van der Waals surface area (Å²) in [5, 5.41) is 14.4. The van der Waals surface area contributed by atoms with Crippen molar-refractivity contribution in [3.8, 4) is 17.6 Å². The van der Waals surface area contributed by atoms with Gasteiger partial charge in [0.2, 0.25) is 0 Å². The number of aromatic hydroxyl groups is 1. The van der Waals surface area contributed by atoms with Gasteiger partial charge in [0.1, 0.15) is 5.75 Å². The quantitative estimate of drug-likeness (QED) is 0.535. The zero-order chi connectivity index (χ0) is 15.2. The zero-order valence-corrected chi connectivity index (χ0v) is 14.0. The Morgan fingerprint density at radius 2 is 2.24 bits per heavy atom. The van der Waals surface area contributed by atoms with Crippen LogP contribution in [0.25, 0.3) is 0 Å². The topological polar surface area (TPSA) is 75.3 Å². The second-order valence-corrected chi connectivity index (χ2v) is 6.39. The monoisotopic (exact) mass is 412 g/mol. The number of nitrogens with one attached hydrogen (secondary N) is 1. The van der Waals surface area contributed by atoms with Crippen molar-refractivity contribution in [3.63, 3.8) is 0 Å². The molecule has 1 heterocycles. The number of hydrogen-bond acceptors (Lipinski definition) is 4. The fourth-order valence-electron chi connectivity index (χ4n) is 1.64. The number of thiophene rings is 1. The summed E-state index contributed by atoms with van der Waals surface area (Å²) >= 11 is 3.62. The minimum absolute atomic E-state index is 0.0198. The van der Waals surface area contributed by atoms with E-state index in [1.54, 1.807) is 12.1 Å². The number of benzene rings is 1. The smallest absolute Gasteiger partial charge is 0.255 e. The third-order valence-electron chi connectivity index (χ3n) is 2.61. The molecule has 0 aliphatic heterocycles. The van der Waals surface area contributed by atoms with E-state index in [2.05, 4.69) is 39.7 Å². The maximum absolute atomic E-state index is 12.1. The lowest BCUT2D eigenvalue weighted by Crippen LogP contribution is -2.22. The summed E-state index contributed by atoms with van der Waals surface area (Å²) in [6, 6.07) is 6.83. The van der Waals surface area contributed by atoms with Crippen LogP contribution in [0.2, 0.25) is 0 Å². The minimum Gasteiger partial charge on any atom is -0.507 e. The third-order valence-corrected chi connectivity index (χ3v) is 4.22. The normalized spacial score (nSPS) is 9.81. The second kappa shape index (κ2) is 7.45. The molecule has 4 nitrogen and oxygen atoms in total. The van der Waals surface area contributed by atoms with Crippen LogP contribution < -0.4 is 11.1 Å². The molecule has 0 radical (unpaired) electrons. The van der Waals surface area contributed by atoms with Crippen LogP contribution in [0.3, 0.4) is 0 Å². The van der Waals surface area contributed by atoms with Gasteiger partial charge < -0.3 is 16.2 Å². The van der Waals surface area contributed by atoms with Crippen LogP contribution in [-0.2, 0) is 6.54 Å².